The molecule has 0 radical (unpaired) electrons. The van der Waals surface area contributed by atoms with E-state index in [1.54, 1.807) is 0 Å². The molecule has 0 unspecified atom stereocenters. The Morgan fingerprint density at radius 3 is 2.06 bits per heavy atom. The van der Waals surface area contributed by atoms with Crippen LogP contribution in [0.1, 0.15) is 46.5 Å². The molecule has 1 fully saturated rings. The molecule has 0 N–H and O–H groups in total. The molecule has 0 bridgehead atoms. The van der Waals surface area contributed by atoms with Gasteiger partial charge in [0.15, 0.2) is 0 Å². The van der Waals surface area contributed by atoms with Crippen molar-refractivity contribution in [1.29, 1.82) is 0 Å². The van der Waals surface area contributed by atoms with Crippen molar-refractivity contribution in [1.82, 2.24) is 4.90 Å². The molecule has 102 valence electrons. The van der Waals surface area contributed by atoms with Gasteiger partial charge < -0.3 is 4.90 Å². The van der Waals surface area contributed by atoms with E-state index in [0.717, 1.165) is 19.4 Å². The van der Waals surface area contributed by atoms with Crippen LogP contribution in [-0.2, 0) is 0 Å². The fraction of sp³-hybridized carbons (Fsp3) is 1.00. The molecule has 1 nitrogen and oxygen atoms in total. The highest BCUT2D eigenvalue weighted by Crippen LogP contribution is 2.35. The second-order valence-electron chi connectivity index (χ2n) is 6.01. The Hall–Kier alpha value is -0.250. The van der Waals surface area contributed by atoms with E-state index >= 15 is 0 Å². The topological polar surface area (TPSA) is 3.24 Å². The van der Waals surface area contributed by atoms with Crippen LogP contribution < -0.4 is 0 Å². The van der Waals surface area contributed by atoms with Crippen molar-refractivity contribution in [2.24, 2.45) is 11.3 Å². The zero-order valence-electron chi connectivity index (χ0n) is 11.1. The number of hydrogen-bond acceptors (Lipinski definition) is 1. The lowest BCUT2D eigenvalue weighted by Gasteiger charge is -2.37. The maximum Gasteiger partial charge on any atom is 0.391 e. The van der Waals surface area contributed by atoms with E-state index < -0.39 is 12.1 Å². The maximum atomic E-state index is 12.5. The highest BCUT2D eigenvalue weighted by Gasteiger charge is 2.41. The summed E-state index contributed by atoms with van der Waals surface area (Å²) in [5.41, 5.74) is 0.222. The maximum absolute atomic E-state index is 12.5. The molecule has 1 rings (SSSR count). The van der Waals surface area contributed by atoms with Crippen molar-refractivity contribution >= 4 is 0 Å². The summed E-state index contributed by atoms with van der Waals surface area (Å²) in [6.07, 6.45) is -1.19. The molecule has 0 aromatic carbocycles. The summed E-state index contributed by atoms with van der Waals surface area (Å²) in [5.74, 6) is -1.08. The van der Waals surface area contributed by atoms with Gasteiger partial charge >= 0.3 is 6.18 Å². The molecular formula is C13H24F3N. The molecule has 0 spiro atoms. The first-order valence-electron chi connectivity index (χ1n) is 6.54. The number of halogens is 3. The zero-order chi connectivity index (χ0) is 13.1. The van der Waals surface area contributed by atoms with E-state index in [9.17, 15) is 13.2 Å². The molecule has 0 aromatic heterocycles. The summed E-state index contributed by atoms with van der Waals surface area (Å²) in [6, 6.07) is 0. The van der Waals surface area contributed by atoms with Crippen LogP contribution in [0, 0.1) is 11.3 Å². The largest absolute Gasteiger partial charge is 0.391 e. The predicted octanol–water partition coefficient (Wildman–Crippen LogP) is 4.09. The van der Waals surface area contributed by atoms with Gasteiger partial charge in [-0.05, 0) is 37.8 Å². The minimum Gasteiger partial charge on any atom is -0.303 e. The lowest BCUT2D eigenvalue weighted by atomic mass is 9.86. The van der Waals surface area contributed by atoms with Crippen LogP contribution in [0.4, 0.5) is 13.2 Å². The number of alkyl halides is 3. The summed E-state index contributed by atoms with van der Waals surface area (Å²) < 4.78 is 37.5. The Kier molecular flexibility index (Phi) is 4.87. The summed E-state index contributed by atoms with van der Waals surface area (Å²) in [6.45, 7) is 8.66. The van der Waals surface area contributed by atoms with Gasteiger partial charge in [0.2, 0.25) is 0 Å². The molecule has 0 amide bonds. The first-order valence-corrected chi connectivity index (χ1v) is 6.54. The monoisotopic (exact) mass is 251 g/mol. The molecule has 17 heavy (non-hydrogen) atoms. The molecule has 0 aliphatic carbocycles. The first kappa shape index (κ1) is 14.8. The zero-order valence-corrected chi connectivity index (χ0v) is 11.1. The van der Waals surface area contributed by atoms with E-state index in [2.05, 4.69) is 25.7 Å². The number of piperidine rings is 1. The number of nitrogens with zero attached hydrogens (tertiary/aromatic N) is 1. The van der Waals surface area contributed by atoms with Gasteiger partial charge in [0.1, 0.15) is 0 Å². The normalized spacial score (nSPS) is 20.8. The lowest BCUT2D eigenvalue weighted by Crippen LogP contribution is -2.42. The molecule has 1 saturated heterocycles. The average molecular weight is 251 g/mol. The van der Waals surface area contributed by atoms with E-state index in [-0.39, 0.29) is 18.3 Å². The van der Waals surface area contributed by atoms with Gasteiger partial charge in [0, 0.05) is 6.54 Å². The van der Waals surface area contributed by atoms with Crippen molar-refractivity contribution in [3.05, 3.63) is 0 Å². The van der Waals surface area contributed by atoms with Gasteiger partial charge in [0.05, 0.1) is 5.92 Å². The van der Waals surface area contributed by atoms with Crippen LogP contribution in [0.3, 0.4) is 0 Å². The third-order valence-electron chi connectivity index (χ3n) is 3.63. The van der Waals surface area contributed by atoms with Crippen LogP contribution >= 0.6 is 0 Å². The van der Waals surface area contributed by atoms with Crippen LogP contribution in [0.15, 0.2) is 0 Å². The van der Waals surface area contributed by atoms with Gasteiger partial charge in [0.25, 0.3) is 0 Å². The van der Waals surface area contributed by atoms with Crippen molar-refractivity contribution in [3.63, 3.8) is 0 Å². The van der Waals surface area contributed by atoms with Crippen molar-refractivity contribution < 1.29 is 13.2 Å². The Labute approximate surface area is 102 Å². The molecule has 1 aliphatic rings. The van der Waals surface area contributed by atoms with E-state index in [0.29, 0.717) is 13.1 Å². The minimum atomic E-state index is -4.00. The Bertz CT molecular complexity index is 227. The summed E-state index contributed by atoms with van der Waals surface area (Å²) >= 11 is 0. The number of rotatable bonds is 4. The standard InChI is InChI=1S/C13H24F3N/c1-4-7-12(2,3)10-17-8-5-11(6-9-17)13(14,15)16/h11H,4-10H2,1-3H3. The Morgan fingerprint density at radius 1 is 1.12 bits per heavy atom. The van der Waals surface area contributed by atoms with Crippen LogP contribution in [0.5, 0.6) is 0 Å². The van der Waals surface area contributed by atoms with Gasteiger partial charge in [-0.25, -0.2) is 0 Å². The van der Waals surface area contributed by atoms with Crippen LogP contribution in [0.2, 0.25) is 0 Å². The highest BCUT2D eigenvalue weighted by atomic mass is 19.4. The summed E-state index contributed by atoms with van der Waals surface area (Å²) in [7, 11) is 0. The first-order chi connectivity index (χ1) is 7.74. The minimum absolute atomic E-state index is 0.222. The predicted molar refractivity (Wildman–Crippen MR) is 63.9 cm³/mol. The fourth-order valence-corrected chi connectivity index (χ4v) is 2.78. The van der Waals surface area contributed by atoms with Crippen molar-refractivity contribution in [3.8, 4) is 0 Å². The van der Waals surface area contributed by atoms with E-state index in [1.807, 2.05) is 0 Å². The van der Waals surface area contributed by atoms with Gasteiger partial charge in [-0.3, -0.25) is 0 Å². The quantitative estimate of drug-likeness (QED) is 0.727. The SMILES string of the molecule is CCCC(C)(C)CN1CCC(C(F)(F)F)CC1. The number of likely N-dealkylation sites (tertiary alicyclic amines) is 1. The fourth-order valence-electron chi connectivity index (χ4n) is 2.78. The Balaban J connectivity index is 2.37. The second-order valence-corrected chi connectivity index (χ2v) is 6.01. The van der Waals surface area contributed by atoms with Crippen LogP contribution in [-0.4, -0.2) is 30.7 Å². The molecule has 0 atom stereocenters. The second kappa shape index (κ2) is 5.59. The number of hydrogen-bond donors (Lipinski definition) is 0. The third-order valence-corrected chi connectivity index (χ3v) is 3.63. The molecule has 1 aliphatic heterocycles. The lowest BCUT2D eigenvalue weighted by molar-refractivity contribution is -0.185. The molecule has 0 aromatic rings. The molecule has 1 heterocycles. The highest BCUT2D eigenvalue weighted by molar-refractivity contribution is 4.80. The van der Waals surface area contributed by atoms with Gasteiger partial charge in [-0.2, -0.15) is 13.2 Å². The summed E-state index contributed by atoms with van der Waals surface area (Å²) in [5, 5.41) is 0. The summed E-state index contributed by atoms with van der Waals surface area (Å²) in [4.78, 5) is 2.19. The van der Waals surface area contributed by atoms with Crippen molar-refractivity contribution in [2.75, 3.05) is 19.6 Å². The molecule has 4 heteroatoms. The smallest absolute Gasteiger partial charge is 0.303 e. The Morgan fingerprint density at radius 2 is 1.65 bits per heavy atom. The van der Waals surface area contributed by atoms with Crippen molar-refractivity contribution in [2.45, 2.75) is 52.6 Å². The third kappa shape index (κ3) is 4.86. The van der Waals surface area contributed by atoms with Crippen LogP contribution in [0.25, 0.3) is 0 Å². The van der Waals surface area contributed by atoms with E-state index in [4.69, 9.17) is 0 Å². The van der Waals surface area contributed by atoms with E-state index in [1.165, 1.54) is 0 Å². The molecular weight excluding hydrogens is 227 g/mol. The average Bonchev–Trinajstić information content (AvgIpc) is 2.16. The van der Waals surface area contributed by atoms with Gasteiger partial charge in [-0.1, -0.05) is 27.2 Å². The molecule has 0 saturated carbocycles. The van der Waals surface area contributed by atoms with Gasteiger partial charge in [-0.15, -0.1) is 0 Å².